The summed E-state index contributed by atoms with van der Waals surface area (Å²) in [5.74, 6) is 0.884. The standard InChI is InChI=1S/C17H11N3O/c18-8-11-7-13(10-19-9-11)14-4-6-21-17-15(14)2-1-12-3-5-20-16(12)17/h1-7,9-10,14,20H. The van der Waals surface area contributed by atoms with E-state index in [1.54, 1.807) is 18.7 Å². The molecule has 1 N–H and O–H groups in total. The lowest BCUT2D eigenvalue weighted by molar-refractivity contribution is 0.464. The van der Waals surface area contributed by atoms with Gasteiger partial charge in [0.25, 0.3) is 0 Å². The van der Waals surface area contributed by atoms with Crippen molar-refractivity contribution in [2.45, 2.75) is 5.92 Å². The SMILES string of the molecule is N#Cc1cncc(C2C=COc3c2ccc2cc[nH]c32)c1. The van der Waals surface area contributed by atoms with Crippen molar-refractivity contribution in [3.63, 3.8) is 0 Å². The van der Waals surface area contributed by atoms with Gasteiger partial charge >= 0.3 is 0 Å². The highest BCUT2D eigenvalue weighted by Crippen LogP contribution is 2.40. The fourth-order valence-corrected chi connectivity index (χ4v) is 2.76. The molecule has 1 aromatic carbocycles. The number of ether oxygens (including phenoxy) is 1. The van der Waals surface area contributed by atoms with E-state index in [0.29, 0.717) is 5.56 Å². The summed E-state index contributed by atoms with van der Waals surface area (Å²) in [5, 5.41) is 10.1. The first kappa shape index (κ1) is 11.7. The Morgan fingerprint density at radius 3 is 3.10 bits per heavy atom. The van der Waals surface area contributed by atoms with Crippen LogP contribution in [0.15, 0.2) is 55.2 Å². The van der Waals surface area contributed by atoms with Crippen molar-refractivity contribution in [3.8, 4) is 11.8 Å². The highest BCUT2D eigenvalue weighted by molar-refractivity contribution is 5.87. The van der Waals surface area contributed by atoms with E-state index in [-0.39, 0.29) is 5.92 Å². The molecule has 0 fully saturated rings. The molecule has 1 aliphatic heterocycles. The van der Waals surface area contributed by atoms with E-state index in [2.05, 4.69) is 28.2 Å². The summed E-state index contributed by atoms with van der Waals surface area (Å²) >= 11 is 0. The van der Waals surface area contributed by atoms with Crippen molar-refractivity contribution in [1.82, 2.24) is 9.97 Å². The van der Waals surface area contributed by atoms with Gasteiger partial charge in [-0.3, -0.25) is 4.98 Å². The third-order valence-electron chi connectivity index (χ3n) is 3.75. The van der Waals surface area contributed by atoms with Crippen molar-refractivity contribution < 1.29 is 4.74 Å². The fourth-order valence-electron chi connectivity index (χ4n) is 2.76. The molecular formula is C17H11N3O. The monoisotopic (exact) mass is 273 g/mol. The highest BCUT2D eigenvalue weighted by atomic mass is 16.5. The van der Waals surface area contributed by atoms with Crippen LogP contribution in [0.2, 0.25) is 0 Å². The average molecular weight is 273 g/mol. The molecule has 1 unspecified atom stereocenters. The number of nitriles is 1. The Morgan fingerprint density at radius 1 is 1.24 bits per heavy atom. The van der Waals surface area contributed by atoms with Crippen molar-refractivity contribution >= 4 is 10.9 Å². The number of aromatic nitrogens is 2. The van der Waals surface area contributed by atoms with Crippen LogP contribution in [0.5, 0.6) is 5.75 Å². The van der Waals surface area contributed by atoms with Gasteiger partial charge in [-0.05, 0) is 23.8 Å². The molecule has 2 aromatic heterocycles. The van der Waals surface area contributed by atoms with Crippen LogP contribution in [0, 0.1) is 11.3 Å². The molecule has 0 bridgehead atoms. The van der Waals surface area contributed by atoms with Gasteiger partial charge in [0, 0.05) is 35.5 Å². The van der Waals surface area contributed by atoms with Crippen LogP contribution < -0.4 is 4.74 Å². The lowest BCUT2D eigenvalue weighted by Crippen LogP contribution is -2.06. The van der Waals surface area contributed by atoms with Crippen molar-refractivity contribution in [1.29, 1.82) is 5.26 Å². The van der Waals surface area contributed by atoms with Gasteiger partial charge in [-0.25, -0.2) is 0 Å². The first-order valence-corrected chi connectivity index (χ1v) is 6.65. The van der Waals surface area contributed by atoms with Crippen LogP contribution in [-0.4, -0.2) is 9.97 Å². The lowest BCUT2D eigenvalue weighted by Gasteiger charge is -2.21. The third-order valence-corrected chi connectivity index (χ3v) is 3.75. The molecule has 1 aliphatic rings. The number of hydrogen-bond acceptors (Lipinski definition) is 3. The first-order chi connectivity index (χ1) is 10.4. The third kappa shape index (κ3) is 1.79. The molecule has 1 atom stereocenters. The van der Waals surface area contributed by atoms with Crippen molar-refractivity contribution in [3.05, 3.63) is 71.9 Å². The van der Waals surface area contributed by atoms with Crippen LogP contribution in [0.25, 0.3) is 10.9 Å². The molecular weight excluding hydrogens is 262 g/mol. The molecule has 0 radical (unpaired) electrons. The molecule has 100 valence electrons. The minimum Gasteiger partial charge on any atom is -0.463 e. The summed E-state index contributed by atoms with van der Waals surface area (Å²) < 4.78 is 5.71. The maximum Gasteiger partial charge on any atom is 0.154 e. The lowest BCUT2D eigenvalue weighted by atomic mass is 9.89. The Morgan fingerprint density at radius 2 is 2.19 bits per heavy atom. The summed E-state index contributed by atoms with van der Waals surface area (Å²) in [4.78, 5) is 7.37. The Kier molecular flexibility index (Phi) is 2.51. The van der Waals surface area contributed by atoms with Gasteiger partial charge in [0.1, 0.15) is 6.07 Å². The summed E-state index contributed by atoms with van der Waals surface area (Å²) in [7, 11) is 0. The molecule has 0 amide bonds. The van der Waals surface area contributed by atoms with E-state index in [4.69, 9.17) is 10.00 Å². The number of pyridine rings is 1. The van der Waals surface area contributed by atoms with Gasteiger partial charge < -0.3 is 9.72 Å². The van der Waals surface area contributed by atoms with Gasteiger partial charge in [0.05, 0.1) is 17.3 Å². The molecule has 0 spiro atoms. The zero-order chi connectivity index (χ0) is 14.2. The largest absolute Gasteiger partial charge is 0.463 e. The predicted octanol–water partition coefficient (Wildman–Crippen LogP) is 3.47. The molecule has 3 heterocycles. The average Bonchev–Trinajstić information content (AvgIpc) is 3.03. The second-order valence-corrected chi connectivity index (χ2v) is 4.97. The van der Waals surface area contributed by atoms with Gasteiger partial charge in [-0.1, -0.05) is 12.1 Å². The van der Waals surface area contributed by atoms with E-state index in [0.717, 1.165) is 27.8 Å². The normalized spacial score (nSPS) is 16.2. The minimum atomic E-state index is 0.0437. The van der Waals surface area contributed by atoms with Crippen LogP contribution in [0.1, 0.15) is 22.6 Å². The van der Waals surface area contributed by atoms with Crippen molar-refractivity contribution in [2.24, 2.45) is 0 Å². The molecule has 21 heavy (non-hydrogen) atoms. The highest BCUT2D eigenvalue weighted by Gasteiger charge is 2.22. The maximum atomic E-state index is 9.03. The molecule has 4 rings (SSSR count). The van der Waals surface area contributed by atoms with E-state index in [9.17, 15) is 0 Å². The molecule has 0 saturated heterocycles. The van der Waals surface area contributed by atoms with Crippen LogP contribution in [0.4, 0.5) is 0 Å². The summed E-state index contributed by atoms with van der Waals surface area (Å²) in [5.41, 5.74) is 3.62. The molecule has 0 aliphatic carbocycles. The molecule has 4 heteroatoms. The van der Waals surface area contributed by atoms with E-state index < -0.39 is 0 Å². The van der Waals surface area contributed by atoms with Gasteiger partial charge in [-0.2, -0.15) is 5.26 Å². The summed E-state index contributed by atoms with van der Waals surface area (Å²) in [6, 6.07) is 10.2. The number of rotatable bonds is 1. The van der Waals surface area contributed by atoms with E-state index in [1.165, 1.54) is 0 Å². The number of aromatic amines is 1. The first-order valence-electron chi connectivity index (χ1n) is 6.65. The number of hydrogen-bond donors (Lipinski definition) is 1. The van der Waals surface area contributed by atoms with E-state index >= 15 is 0 Å². The zero-order valence-electron chi connectivity index (χ0n) is 11.1. The number of benzene rings is 1. The number of fused-ring (bicyclic) bond motifs is 3. The minimum absolute atomic E-state index is 0.0437. The topological polar surface area (TPSA) is 61.7 Å². The number of H-pyrrole nitrogens is 1. The van der Waals surface area contributed by atoms with Crippen LogP contribution in [0.3, 0.4) is 0 Å². The van der Waals surface area contributed by atoms with Gasteiger partial charge in [-0.15, -0.1) is 0 Å². The second-order valence-electron chi connectivity index (χ2n) is 4.97. The van der Waals surface area contributed by atoms with Gasteiger partial charge in [0.15, 0.2) is 5.75 Å². The van der Waals surface area contributed by atoms with Crippen molar-refractivity contribution in [2.75, 3.05) is 0 Å². The Labute approximate surface area is 121 Å². The predicted molar refractivity (Wildman–Crippen MR) is 78.9 cm³/mol. The maximum absolute atomic E-state index is 9.03. The van der Waals surface area contributed by atoms with Crippen LogP contribution in [-0.2, 0) is 0 Å². The molecule has 0 saturated carbocycles. The molecule has 4 nitrogen and oxygen atoms in total. The summed E-state index contributed by atoms with van der Waals surface area (Å²) in [6.07, 6.45) is 8.95. The number of allylic oxidation sites excluding steroid dienone is 1. The smallest absolute Gasteiger partial charge is 0.154 e. The second kappa shape index (κ2) is 4.50. The fraction of sp³-hybridized carbons (Fsp3) is 0.0588. The number of nitrogens with zero attached hydrogens (tertiary/aromatic N) is 2. The molecule has 3 aromatic rings. The quantitative estimate of drug-likeness (QED) is 0.738. The summed E-state index contributed by atoms with van der Waals surface area (Å²) in [6.45, 7) is 0. The zero-order valence-corrected chi connectivity index (χ0v) is 11.1. The van der Waals surface area contributed by atoms with Gasteiger partial charge in [0.2, 0.25) is 0 Å². The van der Waals surface area contributed by atoms with E-state index in [1.807, 2.05) is 24.4 Å². The number of nitrogens with one attached hydrogen (secondary N) is 1. The Hall–Kier alpha value is -3.06. The Bertz CT molecular complexity index is 902. The van der Waals surface area contributed by atoms with Crippen LogP contribution >= 0.6 is 0 Å². The Balaban J connectivity index is 1.90.